The van der Waals surface area contributed by atoms with Gasteiger partial charge in [0.05, 0.1) is 16.2 Å². The summed E-state index contributed by atoms with van der Waals surface area (Å²) >= 11 is 6.04. The number of nitriles is 1. The smallest absolute Gasteiger partial charge is 0.147 e. The van der Waals surface area contributed by atoms with Crippen molar-refractivity contribution in [2.45, 2.75) is 18.9 Å². The second-order valence-electron chi connectivity index (χ2n) is 4.31. The zero-order valence-corrected chi connectivity index (χ0v) is 9.70. The number of aliphatic hydroxyl groups is 1. The number of rotatable bonds is 1. The second-order valence-corrected chi connectivity index (χ2v) is 4.72. The first-order chi connectivity index (χ1) is 7.52. The highest BCUT2D eigenvalue weighted by Crippen LogP contribution is 2.30. The molecule has 2 heterocycles. The normalized spacial score (nSPS) is 24.5. The van der Waals surface area contributed by atoms with Crippen LogP contribution in [0.25, 0.3) is 0 Å². The molecule has 1 aromatic rings. The Morgan fingerprint density at radius 2 is 2.44 bits per heavy atom. The Balaban J connectivity index is 2.26. The highest BCUT2D eigenvalue weighted by molar-refractivity contribution is 6.33. The third-order valence-corrected chi connectivity index (χ3v) is 2.98. The molecule has 1 aromatic heterocycles. The van der Waals surface area contributed by atoms with Gasteiger partial charge in [-0.1, -0.05) is 11.6 Å². The Labute approximate surface area is 99.1 Å². The van der Waals surface area contributed by atoms with Gasteiger partial charge in [-0.25, -0.2) is 4.98 Å². The van der Waals surface area contributed by atoms with Crippen LogP contribution in [0.3, 0.4) is 0 Å². The fourth-order valence-corrected chi connectivity index (χ4v) is 2.14. The molecule has 1 aliphatic heterocycles. The summed E-state index contributed by atoms with van der Waals surface area (Å²) in [6, 6.07) is 3.58. The number of anilines is 1. The predicted molar refractivity (Wildman–Crippen MR) is 61.4 cm³/mol. The van der Waals surface area contributed by atoms with Gasteiger partial charge in [-0.15, -0.1) is 0 Å². The topological polar surface area (TPSA) is 60.1 Å². The van der Waals surface area contributed by atoms with Gasteiger partial charge in [0.1, 0.15) is 11.9 Å². The van der Waals surface area contributed by atoms with Crippen molar-refractivity contribution in [3.63, 3.8) is 0 Å². The first kappa shape index (κ1) is 11.2. The highest BCUT2D eigenvalue weighted by atomic mass is 35.5. The second kappa shape index (κ2) is 3.93. The summed E-state index contributed by atoms with van der Waals surface area (Å²) in [5.74, 6) is 0.637. The summed E-state index contributed by atoms with van der Waals surface area (Å²) in [4.78, 5) is 6.09. The van der Waals surface area contributed by atoms with Gasteiger partial charge >= 0.3 is 0 Å². The van der Waals surface area contributed by atoms with Crippen LogP contribution < -0.4 is 4.90 Å². The van der Waals surface area contributed by atoms with Gasteiger partial charge in [-0.2, -0.15) is 5.26 Å². The standard InChI is InChI=1S/C11H12ClN3O/c1-11(16)2-3-15(7-11)10-9(12)4-8(5-13)6-14-10/h4,6,16H,2-3,7H2,1H3. The third kappa shape index (κ3) is 2.11. The summed E-state index contributed by atoms with van der Waals surface area (Å²) in [6.45, 7) is 3.04. The van der Waals surface area contributed by atoms with Gasteiger partial charge < -0.3 is 10.0 Å². The van der Waals surface area contributed by atoms with E-state index >= 15 is 0 Å². The molecule has 2 rings (SSSR count). The van der Waals surface area contributed by atoms with Gasteiger partial charge in [-0.05, 0) is 19.4 Å². The first-order valence-electron chi connectivity index (χ1n) is 5.05. The molecule has 0 aliphatic carbocycles. The van der Waals surface area contributed by atoms with Gasteiger partial charge in [0.2, 0.25) is 0 Å². The molecule has 1 aliphatic rings. The molecule has 0 aromatic carbocycles. The van der Waals surface area contributed by atoms with Crippen molar-refractivity contribution >= 4 is 17.4 Å². The van der Waals surface area contributed by atoms with Crippen LogP contribution in [-0.4, -0.2) is 28.8 Å². The van der Waals surface area contributed by atoms with Crippen LogP contribution in [0, 0.1) is 11.3 Å². The maximum Gasteiger partial charge on any atom is 0.147 e. The Bertz CT molecular complexity index is 453. The van der Waals surface area contributed by atoms with Crippen molar-refractivity contribution in [2.24, 2.45) is 0 Å². The van der Waals surface area contributed by atoms with E-state index in [1.54, 1.807) is 13.0 Å². The zero-order chi connectivity index (χ0) is 11.8. The van der Waals surface area contributed by atoms with Crippen LogP contribution in [0.15, 0.2) is 12.3 Å². The summed E-state index contributed by atoms with van der Waals surface area (Å²) in [7, 11) is 0. The third-order valence-electron chi connectivity index (χ3n) is 2.70. The number of β-amino-alcohol motifs (C(OH)–C–C–N with tert-alkyl or cyclic N) is 1. The van der Waals surface area contributed by atoms with E-state index in [9.17, 15) is 5.11 Å². The van der Waals surface area contributed by atoms with E-state index < -0.39 is 5.60 Å². The predicted octanol–water partition coefficient (Wildman–Crippen LogP) is 1.57. The number of hydrogen-bond acceptors (Lipinski definition) is 4. The summed E-state index contributed by atoms with van der Waals surface area (Å²) < 4.78 is 0. The molecule has 1 N–H and O–H groups in total. The molecule has 1 atom stereocenters. The van der Waals surface area contributed by atoms with Crippen molar-refractivity contribution in [3.8, 4) is 6.07 Å². The fraction of sp³-hybridized carbons (Fsp3) is 0.455. The molecule has 1 unspecified atom stereocenters. The van der Waals surface area contributed by atoms with E-state index in [-0.39, 0.29) is 0 Å². The molecule has 1 fully saturated rings. The SMILES string of the molecule is CC1(O)CCN(c2ncc(C#N)cc2Cl)C1. The highest BCUT2D eigenvalue weighted by Gasteiger charge is 2.32. The maximum absolute atomic E-state index is 9.85. The van der Waals surface area contributed by atoms with Crippen molar-refractivity contribution in [1.82, 2.24) is 4.98 Å². The van der Waals surface area contributed by atoms with E-state index in [1.807, 2.05) is 11.0 Å². The van der Waals surface area contributed by atoms with Crippen LogP contribution in [0.1, 0.15) is 18.9 Å². The molecule has 16 heavy (non-hydrogen) atoms. The molecule has 0 amide bonds. The van der Waals surface area contributed by atoms with Crippen LogP contribution >= 0.6 is 11.6 Å². The molecule has 1 saturated heterocycles. The van der Waals surface area contributed by atoms with Gasteiger partial charge in [0, 0.05) is 19.3 Å². The molecule has 0 spiro atoms. The Hall–Kier alpha value is -1.31. The monoisotopic (exact) mass is 237 g/mol. The minimum absolute atomic E-state index is 0.444. The largest absolute Gasteiger partial charge is 0.388 e. The Morgan fingerprint density at radius 1 is 1.69 bits per heavy atom. The molecule has 5 heteroatoms. The number of nitrogens with zero attached hydrogens (tertiary/aromatic N) is 3. The van der Waals surface area contributed by atoms with E-state index in [4.69, 9.17) is 16.9 Å². The fourth-order valence-electron chi connectivity index (χ4n) is 1.85. The molecule has 0 saturated carbocycles. The quantitative estimate of drug-likeness (QED) is 0.806. The van der Waals surface area contributed by atoms with Crippen LogP contribution in [-0.2, 0) is 0 Å². The van der Waals surface area contributed by atoms with Gasteiger partial charge in [0.25, 0.3) is 0 Å². The van der Waals surface area contributed by atoms with E-state index in [2.05, 4.69) is 4.98 Å². The Morgan fingerprint density at radius 3 is 2.94 bits per heavy atom. The van der Waals surface area contributed by atoms with Crippen LogP contribution in [0.5, 0.6) is 0 Å². The minimum Gasteiger partial charge on any atom is -0.388 e. The number of hydrogen-bond donors (Lipinski definition) is 1. The first-order valence-corrected chi connectivity index (χ1v) is 5.43. The molecular weight excluding hydrogens is 226 g/mol. The summed E-state index contributed by atoms with van der Waals surface area (Å²) in [6.07, 6.45) is 2.19. The lowest BCUT2D eigenvalue weighted by atomic mass is 10.1. The van der Waals surface area contributed by atoms with E-state index in [0.717, 1.165) is 6.54 Å². The van der Waals surface area contributed by atoms with Crippen molar-refractivity contribution in [1.29, 1.82) is 5.26 Å². The average Bonchev–Trinajstić information content (AvgIpc) is 2.58. The molecule has 0 radical (unpaired) electrons. The lowest BCUT2D eigenvalue weighted by Gasteiger charge is -2.20. The number of pyridine rings is 1. The van der Waals surface area contributed by atoms with Crippen molar-refractivity contribution in [3.05, 3.63) is 22.8 Å². The van der Waals surface area contributed by atoms with Crippen LogP contribution in [0.2, 0.25) is 5.02 Å². The minimum atomic E-state index is -0.682. The molecule has 0 bridgehead atoms. The number of halogens is 1. The van der Waals surface area contributed by atoms with Gasteiger partial charge in [-0.3, -0.25) is 0 Å². The lowest BCUT2D eigenvalue weighted by molar-refractivity contribution is 0.0839. The molecular formula is C11H12ClN3O. The van der Waals surface area contributed by atoms with Crippen LogP contribution in [0.4, 0.5) is 5.82 Å². The molecule has 4 nitrogen and oxygen atoms in total. The van der Waals surface area contributed by atoms with E-state index in [0.29, 0.717) is 29.4 Å². The zero-order valence-electron chi connectivity index (χ0n) is 8.94. The van der Waals surface area contributed by atoms with Crippen molar-refractivity contribution < 1.29 is 5.11 Å². The summed E-state index contributed by atoms with van der Waals surface area (Å²) in [5, 5.41) is 19.0. The van der Waals surface area contributed by atoms with E-state index in [1.165, 1.54) is 6.20 Å². The Kier molecular flexibility index (Phi) is 2.75. The van der Waals surface area contributed by atoms with Gasteiger partial charge in [0.15, 0.2) is 0 Å². The average molecular weight is 238 g/mol. The molecule has 84 valence electrons. The number of aromatic nitrogens is 1. The maximum atomic E-state index is 9.85. The van der Waals surface area contributed by atoms with Crippen molar-refractivity contribution in [2.75, 3.05) is 18.0 Å². The summed E-state index contributed by atoms with van der Waals surface area (Å²) in [5.41, 5.74) is -0.237. The lowest BCUT2D eigenvalue weighted by Crippen LogP contribution is -2.30.